The second-order valence-electron chi connectivity index (χ2n) is 3.91. The summed E-state index contributed by atoms with van der Waals surface area (Å²) < 4.78 is 10.2. The van der Waals surface area contributed by atoms with E-state index >= 15 is 0 Å². The highest BCUT2D eigenvalue weighted by Gasteiger charge is 2.00. The van der Waals surface area contributed by atoms with Crippen LogP contribution in [0.3, 0.4) is 0 Å². The Morgan fingerprint density at radius 3 is 2.82 bits per heavy atom. The molecule has 17 heavy (non-hydrogen) atoms. The molecule has 3 nitrogen and oxygen atoms in total. The van der Waals surface area contributed by atoms with E-state index < -0.39 is 0 Å². The zero-order valence-electron chi connectivity index (χ0n) is 10.6. The van der Waals surface area contributed by atoms with Crippen molar-refractivity contribution in [1.82, 2.24) is 0 Å². The lowest BCUT2D eigenvalue weighted by Gasteiger charge is -2.05. The average Bonchev–Trinajstić information content (AvgIpc) is 2.29. The van der Waals surface area contributed by atoms with Crippen LogP contribution in [0.4, 0.5) is 0 Å². The van der Waals surface area contributed by atoms with Crippen molar-refractivity contribution in [3.63, 3.8) is 0 Å². The van der Waals surface area contributed by atoms with E-state index in [1.807, 2.05) is 6.07 Å². The quantitative estimate of drug-likeness (QED) is 0.539. The molecule has 0 aliphatic carbocycles. The number of ether oxygens (including phenoxy) is 2. The van der Waals surface area contributed by atoms with Crippen LogP contribution in [0.25, 0.3) is 0 Å². The van der Waals surface area contributed by atoms with E-state index in [2.05, 4.69) is 25.1 Å². The fourth-order valence-electron chi connectivity index (χ4n) is 1.55. The highest BCUT2D eigenvalue weighted by Crippen LogP contribution is 2.04. The summed E-state index contributed by atoms with van der Waals surface area (Å²) in [4.78, 5) is 11.0. The predicted molar refractivity (Wildman–Crippen MR) is 67.0 cm³/mol. The summed E-state index contributed by atoms with van der Waals surface area (Å²) in [5, 5.41) is 0. The van der Waals surface area contributed by atoms with Crippen LogP contribution in [0.2, 0.25) is 0 Å². The van der Waals surface area contributed by atoms with E-state index in [0.29, 0.717) is 26.2 Å². The van der Waals surface area contributed by atoms with Gasteiger partial charge in [-0.05, 0) is 25.8 Å². The number of benzene rings is 1. The Labute approximate surface area is 103 Å². The third-order valence-corrected chi connectivity index (χ3v) is 2.37. The standard InChI is InChI=1S/C14H20O3/c1-3-17-14(15)8-10-16-9-7-13-6-4-5-12(2)11-13/h4-6,11H,3,7-10H2,1-2H3. The summed E-state index contributed by atoms with van der Waals surface area (Å²) in [6.07, 6.45) is 1.21. The van der Waals surface area contributed by atoms with Crippen molar-refractivity contribution in [2.24, 2.45) is 0 Å². The molecule has 1 rings (SSSR count). The van der Waals surface area contributed by atoms with Crippen LogP contribution in [0.15, 0.2) is 24.3 Å². The van der Waals surface area contributed by atoms with Crippen LogP contribution in [0, 0.1) is 6.92 Å². The highest BCUT2D eigenvalue weighted by molar-refractivity contribution is 5.69. The van der Waals surface area contributed by atoms with Gasteiger partial charge in [0.05, 0.1) is 26.2 Å². The van der Waals surface area contributed by atoms with Crippen molar-refractivity contribution < 1.29 is 14.3 Å². The Balaban J connectivity index is 2.10. The molecule has 0 atom stereocenters. The van der Waals surface area contributed by atoms with E-state index in [9.17, 15) is 4.79 Å². The topological polar surface area (TPSA) is 35.5 Å². The molecule has 0 amide bonds. The Hall–Kier alpha value is -1.35. The van der Waals surface area contributed by atoms with Gasteiger partial charge in [0.2, 0.25) is 0 Å². The molecule has 0 saturated heterocycles. The first-order valence-electron chi connectivity index (χ1n) is 6.01. The number of hydrogen-bond acceptors (Lipinski definition) is 3. The zero-order valence-corrected chi connectivity index (χ0v) is 10.6. The van der Waals surface area contributed by atoms with Crippen molar-refractivity contribution in [2.45, 2.75) is 26.7 Å². The van der Waals surface area contributed by atoms with Gasteiger partial charge in [-0.25, -0.2) is 0 Å². The molecule has 0 bridgehead atoms. The molecule has 0 saturated carbocycles. The minimum atomic E-state index is -0.192. The van der Waals surface area contributed by atoms with Gasteiger partial charge in [0, 0.05) is 0 Å². The first kappa shape index (κ1) is 13.7. The molecule has 94 valence electrons. The molecule has 0 N–H and O–H groups in total. The zero-order chi connectivity index (χ0) is 12.5. The third-order valence-electron chi connectivity index (χ3n) is 2.37. The summed E-state index contributed by atoms with van der Waals surface area (Å²) in [6.45, 7) is 5.39. The van der Waals surface area contributed by atoms with Gasteiger partial charge in [0.1, 0.15) is 0 Å². The summed E-state index contributed by atoms with van der Waals surface area (Å²) in [7, 11) is 0. The number of carbonyl (C=O) groups is 1. The number of aryl methyl sites for hydroxylation is 1. The van der Waals surface area contributed by atoms with Gasteiger partial charge in [-0.3, -0.25) is 4.79 Å². The SMILES string of the molecule is CCOC(=O)CCOCCc1cccc(C)c1. The fraction of sp³-hybridized carbons (Fsp3) is 0.500. The van der Waals surface area contributed by atoms with Crippen molar-refractivity contribution in [3.05, 3.63) is 35.4 Å². The maximum absolute atomic E-state index is 11.0. The Bertz CT molecular complexity index is 347. The molecule has 3 heteroatoms. The minimum absolute atomic E-state index is 0.192. The van der Waals surface area contributed by atoms with Gasteiger partial charge in [-0.2, -0.15) is 0 Å². The first-order chi connectivity index (χ1) is 8.22. The van der Waals surface area contributed by atoms with Gasteiger partial charge in [-0.1, -0.05) is 29.8 Å². The van der Waals surface area contributed by atoms with Crippen LogP contribution < -0.4 is 0 Å². The van der Waals surface area contributed by atoms with E-state index in [-0.39, 0.29) is 5.97 Å². The number of carbonyl (C=O) groups excluding carboxylic acids is 1. The maximum atomic E-state index is 11.0. The monoisotopic (exact) mass is 236 g/mol. The fourth-order valence-corrected chi connectivity index (χ4v) is 1.55. The van der Waals surface area contributed by atoms with Gasteiger partial charge in [0.15, 0.2) is 0 Å². The summed E-state index contributed by atoms with van der Waals surface area (Å²) in [5.41, 5.74) is 2.52. The molecular formula is C14H20O3. The van der Waals surface area contributed by atoms with Crippen molar-refractivity contribution >= 4 is 5.97 Å². The molecule has 0 spiro atoms. The van der Waals surface area contributed by atoms with Crippen LogP contribution in [0.5, 0.6) is 0 Å². The highest BCUT2D eigenvalue weighted by atomic mass is 16.5. The van der Waals surface area contributed by atoms with E-state index in [4.69, 9.17) is 9.47 Å². The number of esters is 1. The predicted octanol–water partition coefficient (Wildman–Crippen LogP) is 2.51. The van der Waals surface area contributed by atoms with Crippen LogP contribution >= 0.6 is 0 Å². The molecule has 0 radical (unpaired) electrons. The smallest absolute Gasteiger partial charge is 0.308 e. The van der Waals surface area contributed by atoms with Gasteiger partial charge in [-0.15, -0.1) is 0 Å². The van der Waals surface area contributed by atoms with Crippen molar-refractivity contribution in [2.75, 3.05) is 19.8 Å². The van der Waals surface area contributed by atoms with Gasteiger partial charge >= 0.3 is 5.97 Å². The van der Waals surface area contributed by atoms with Crippen molar-refractivity contribution in [3.8, 4) is 0 Å². The molecule has 0 aromatic heterocycles. The molecule has 1 aromatic carbocycles. The maximum Gasteiger partial charge on any atom is 0.308 e. The normalized spacial score (nSPS) is 10.2. The van der Waals surface area contributed by atoms with Crippen LogP contribution in [-0.4, -0.2) is 25.8 Å². The second-order valence-corrected chi connectivity index (χ2v) is 3.91. The summed E-state index contributed by atoms with van der Waals surface area (Å²) >= 11 is 0. The Morgan fingerprint density at radius 1 is 1.29 bits per heavy atom. The van der Waals surface area contributed by atoms with Gasteiger partial charge in [0.25, 0.3) is 0 Å². The number of rotatable bonds is 7. The largest absolute Gasteiger partial charge is 0.466 e. The second kappa shape index (κ2) is 7.85. The number of hydrogen-bond donors (Lipinski definition) is 0. The Morgan fingerprint density at radius 2 is 2.12 bits per heavy atom. The van der Waals surface area contributed by atoms with Gasteiger partial charge < -0.3 is 9.47 Å². The molecule has 0 fully saturated rings. The van der Waals surface area contributed by atoms with Crippen LogP contribution in [0.1, 0.15) is 24.5 Å². The van der Waals surface area contributed by atoms with E-state index in [0.717, 1.165) is 6.42 Å². The molecule has 1 aromatic rings. The lowest BCUT2D eigenvalue weighted by atomic mass is 10.1. The average molecular weight is 236 g/mol. The molecule has 0 aliphatic rings. The Kier molecular flexibility index (Phi) is 6.33. The summed E-state index contributed by atoms with van der Waals surface area (Å²) in [5.74, 6) is -0.192. The minimum Gasteiger partial charge on any atom is -0.466 e. The van der Waals surface area contributed by atoms with Crippen molar-refractivity contribution in [1.29, 1.82) is 0 Å². The van der Waals surface area contributed by atoms with Crippen LogP contribution in [-0.2, 0) is 20.7 Å². The van der Waals surface area contributed by atoms with E-state index in [1.54, 1.807) is 6.92 Å². The summed E-state index contributed by atoms with van der Waals surface area (Å²) in [6, 6.07) is 8.35. The molecule has 0 aliphatic heterocycles. The molecule has 0 heterocycles. The first-order valence-corrected chi connectivity index (χ1v) is 6.01. The lowest BCUT2D eigenvalue weighted by molar-refractivity contribution is -0.144. The van der Waals surface area contributed by atoms with E-state index in [1.165, 1.54) is 11.1 Å². The lowest BCUT2D eigenvalue weighted by Crippen LogP contribution is -2.09. The third kappa shape index (κ3) is 6.07. The molecular weight excluding hydrogens is 216 g/mol. The molecule has 0 unspecified atom stereocenters.